The smallest absolute Gasteiger partial charge is 0.239 e. The van der Waals surface area contributed by atoms with E-state index in [1.807, 2.05) is 11.8 Å². The van der Waals surface area contributed by atoms with Gasteiger partial charge in [0.2, 0.25) is 5.91 Å². The summed E-state index contributed by atoms with van der Waals surface area (Å²) in [5, 5.41) is 12.3. The highest BCUT2D eigenvalue weighted by Crippen LogP contribution is 2.27. The van der Waals surface area contributed by atoms with Crippen molar-refractivity contribution in [2.24, 2.45) is 0 Å². The quantitative estimate of drug-likeness (QED) is 0.827. The number of hydrogen-bond acceptors (Lipinski definition) is 3. The summed E-state index contributed by atoms with van der Waals surface area (Å²) in [4.78, 5) is 13.4. The summed E-state index contributed by atoms with van der Waals surface area (Å²) in [7, 11) is 1.58. The van der Waals surface area contributed by atoms with Gasteiger partial charge in [-0.05, 0) is 31.5 Å². The Kier molecular flexibility index (Phi) is 5.76. The van der Waals surface area contributed by atoms with Crippen molar-refractivity contribution in [2.75, 3.05) is 25.0 Å². The van der Waals surface area contributed by atoms with Gasteiger partial charge in [-0.2, -0.15) is 0 Å². The van der Waals surface area contributed by atoms with Gasteiger partial charge in [0.15, 0.2) is 0 Å². The second kappa shape index (κ2) is 7.09. The van der Waals surface area contributed by atoms with Gasteiger partial charge in [-0.15, -0.1) is 0 Å². The van der Waals surface area contributed by atoms with Crippen LogP contribution in [0.5, 0.6) is 0 Å². The molecule has 1 unspecified atom stereocenters. The Morgan fingerprint density at radius 3 is 2.74 bits per heavy atom. The predicted octanol–water partition coefficient (Wildman–Crippen LogP) is 1.84. The monoisotopic (exact) mass is 268 g/mol. The fourth-order valence-electron chi connectivity index (χ4n) is 1.95. The predicted molar refractivity (Wildman–Crippen MR) is 73.6 cm³/mol. The van der Waals surface area contributed by atoms with E-state index < -0.39 is 11.9 Å². The Hall–Kier alpha value is -1.62. The third kappa shape index (κ3) is 4.21. The van der Waals surface area contributed by atoms with Crippen LogP contribution in [0.1, 0.15) is 31.9 Å². The summed E-state index contributed by atoms with van der Waals surface area (Å²) >= 11 is 0. The third-order valence-corrected chi connectivity index (χ3v) is 2.89. The Bertz CT molecular complexity index is 435. The molecule has 1 rings (SSSR count). The van der Waals surface area contributed by atoms with Crippen LogP contribution >= 0.6 is 0 Å². The molecule has 0 aromatic heterocycles. The minimum absolute atomic E-state index is 0.116. The number of likely N-dealkylation sites (N-methyl/N-ethyl adjacent to an activating group) is 1. The van der Waals surface area contributed by atoms with Crippen LogP contribution in [0, 0.1) is 5.82 Å². The van der Waals surface area contributed by atoms with Gasteiger partial charge in [-0.1, -0.05) is 6.92 Å². The normalized spacial score (nSPS) is 12.1. The maximum Gasteiger partial charge on any atom is 0.239 e. The Morgan fingerprint density at radius 2 is 2.21 bits per heavy atom. The molecule has 0 spiro atoms. The van der Waals surface area contributed by atoms with E-state index in [9.17, 15) is 14.3 Å². The van der Waals surface area contributed by atoms with Gasteiger partial charge in [0.1, 0.15) is 5.82 Å². The SMILES string of the molecule is CCCN(CC(=O)NC)c1ccc(F)cc1C(C)O. The molecule has 4 nitrogen and oxygen atoms in total. The number of rotatable bonds is 6. The molecule has 0 saturated heterocycles. The lowest BCUT2D eigenvalue weighted by molar-refractivity contribution is -0.119. The zero-order valence-corrected chi connectivity index (χ0v) is 11.6. The summed E-state index contributed by atoms with van der Waals surface area (Å²) in [5.41, 5.74) is 1.19. The van der Waals surface area contributed by atoms with E-state index in [0.29, 0.717) is 17.8 Å². The number of nitrogens with one attached hydrogen (secondary N) is 1. The van der Waals surface area contributed by atoms with E-state index in [-0.39, 0.29) is 12.5 Å². The average molecular weight is 268 g/mol. The maximum absolute atomic E-state index is 13.3. The Balaban J connectivity index is 3.10. The molecule has 1 atom stereocenters. The van der Waals surface area contributed by atoms with Crippen LogP contribution in [-0.4, -0.2) is 31.2 Å². The molecule has 0 aliphatic heterocycles. The van der Waals surface area contributed by atoms with E-state index in [2.05, 4.69) is 5.32 Å². The van der Waals surface area contributed by atoms with Crippen molar-refractivity contribution < 1.29 is 14.3 Å². The van der Waals surface area contributed by atoms with Gasteiger partial charge in [0.05, 0.1) is 12.6 Å². The second-order valence-corrected chi connectivity index (χ2v) is 4.47. The lowest BCUT2D eigenvalue weighted by Gasteiger charge is -2.27. The number of benzene rings is 1. The highest BCUT2D eigenvalue weighted by Gasteiger charge is 2.16. The molecule has 1 aromatic rings. The van der Waals surface area contributed by atoms with Crippen molar-refractivity contribution in [3.63, 3.8) is 0 Å². The number of carbonyl (C=O) groups is 1. The molecule has 1 amide bonds. The molecule has 0 fully saturated rings. The van der Waals surface area contributed by atoms with Gasteiger partial charge in [-0.25, -0.2) is 4.39 Å². The molecule has 0 aliphatic carbocycles. The molecule has 19 heavy (non-hydrogen) atoms. The third-order valence-electron chi connectivity index (χ3n) is 2.89. The average Bonchev–Trinajstić information content (AvgIpc) is 2.38. The van der Waals surface area contributed by atoms with Gasteiger partial charge in [0, 0.05) is 24.8 Å². The zero-order valence-electron chi connectivity index (χ0n) is 11.6. The maximum atomic E-state index is 13.3. The van der Waals surface area contributed by atoms with E-state index in [1.165, 1.54) is 12.1 Å². The molecule has 0 saturated carbocycles. The molecule has 0 radical (unpaired) electrons. The number of hydrogen-bond donors (Lipinski definition) is 2. The first-order valence-corrected chi connectivity index (χ1v) is 6.42. The highest BCUT2D eigenvalue weighted by molar-refractivity contribution is 5.81. The standard InChI is InChI=1S/C14H21FN2O2/c1-4-7-17(9-14(19)16-3)13-6-5-11(15)8-12(13)10(2)18/h5-6,8,10,18H,4,7,9H2,1-3H3,(H,16,19). The molecule has 5 heteroatoms. The van der Waals surface area contributed by atoms with Crippen molar-refractivity contribution in [1.29, 1.82) is 0 Å². The van der Waals surface area contributed by atoms with Crippen LogP contribution in [0.4, 0.5) is 10.1 Å². The van der Waals surface area contributed by atoms with Crippen LogP contribution in [0.15, 0.2) is 18.2 Å². The number of carbonyl (C=O) groups excluding carboxylic acids is 1. The van der Waals surface area contributed by atoms with Crippen molar-refractivity contribution in [2.45, 2.75) is 26.4 Å². The first kappa shape index (κ1) is 15.4. The van der Waals surface area contributed by atoms with Crippen LogP contribution < -0.4 is 10.2 Å². The fourth-order valence-corrected chi connectivity index (χ4v) is 1.95. The van der Waals surface area contributed by atoms with Crippen LogP contribution in [0.25, 0.3) is 0 Å². The number of anilines is 1. The van der Waals surface area contributed by atoms with E-state index >= 15 is 0 Å². The summed E-state index contributed by atoms with van der Waals surface area (Å²) in [6.07, 6.45) is 0.0721. The topological polar surface area (TPSA) is 52.6 Å². The van der Waals surface area contributed by atoms with Crippen LogP contribution in [0.3, 0.4) is 0 Å². The fraction of sp³-hybridized carbons (Fsp3) is 0.500. The van der Waals surface area contributed by atoms with E-state index in [1.54, 1.807) is 20.0 Å². The molecular weight excluding hydrogens is 247 g/mol. The van der Waals surface area contributed by atoms with Crippen molar-refractivity contribution >= 4 is 11.6 Å². The number of nitrogens with zero attached hydrogens (tertiary/aromatic N) is 1. The largest absolute Gasteiger partial charge is 0.389 e. The highest BCUT2D eigenvalue weighted by atomic mass is 19.1. The van der Waals surface area contributed by atoms with E-state index in [0.717, 1.165) is 6.42 Å². The van der Waals surface area contributed by atoms with Crippen molar-refractivity contribution in [3.05, 3.63) is 29.6 Å². The zero-order chi connectivity index (χ0) is 14.4. The molecule has 0 aliphatic rings. The molecule has 1 aromatic carbocycles. The Labute approximate surface area is 113 Å². The first-order valence-electron chi connectivity index (χ1n) is 6.42. The number of amides is 1. The molecular formula is C14H21FN2O2. The van der Waals surface area contributed by atoms with Crippen LogP contribution in [-0.2, 0) is 4.79 Å². The molecule has 106 valence electrons. The summed E-state index contributed by atoms with van der Waals surface area (Å²) in [6.45, 7) is 4.44. The van der Waals surface area contributed by atoms with Gasteiger partial charge < -0.3 is 15.3 Å². The van der Waals surface area contributed by atoms with Gasteiger partial charge in [0.25, 0.3) is 0 Å². The number of aliphatic hydroxyl groups is 1. The molecule has 2 N–H and O–H groups in total. The number of aliphatic hydroxyl groups excluding tert-OH is 1. The van der Waals surface area contributed by atoms with Gasteiger partial charge >= 0.3 is 0 Å². The Morgan fingerprint density at radius 1 is 1.53 bits per heavy atom. The molecule has 0 bridgehead atoms. The first-order chi connectivity index (χ1) is 8.99. The van der Waals surface area contributed by atoms with Crippen LogP contribution in [0.2, 0.25) is 0 Å². The summed E-state index contributed by atoms with van der Waals surface area (Å²) < 4.78 is 13.3. The number of halogens is 1. The van der Waals surface area contributed by atoms with Gasteiger partial charge in [-0.3, -0.25) is 4.79 Å². The lowest BCUT2D eigenvalue weighted by Crippen LogP contribution is -2.36. The summed E-state index contributed by atoms with van der Waals surface area (Å²) in [6, 6.07) is 4.26. The lowest BCUT2D eigenvalue weighted by atomic mass is 10.1. The second-order valence-electron chi connectivity index (χ2n) is 4.47. The van der Waals surface area contributed by atoms with Crippen molar-refractivity contribution in [1.82, 2.24) is 5.32 Å². The van der Waals surface area contributed by atoms with Crippen molar-refractivity contribution in [3.8, 4) is 0 Å². The molecule has 0 heterocycles. The van der Waals surface area contributed by atoms with E-state index in [4.69, 9.17) is 0 Å². The minimum atomic E-state index is -0.783. The minimum Gasteiger partial charge on any atom is -0.389 e. The summed E-state index contributed by atoms with van der Waals surface area (Å²) in [5.74, 6) is -0.509.